The first kappa shape index (κ1) is 48.1. The number of ketones is 1. The van der Waals surface area contributed by atoms with Crippen molar-refractivity contribution in [2.75, 3.05) is 6.61 Å². The molecular weight excluding hydrogens is 647 g/mol. The van der Waals surface area contributed by atoms with E-state index in [0.29, 0.717) is 18.8 Å². The predicted molar refractivity (Wildman–Crippen MR) is 154 cm³/mol. The quantitative estimate of drug-likeness (QED) is 0.0713. The van der Waals surface area contributed by atoms with Crippen LogP contribution < -0.4 is 0 Å². The van der Waals surface area contributed by atoms with Gasteiger partial charge in [-0.2, -0.15) is 0 Å². The zero-order valence-electron chi connectivity index (χ0n) is 22.9. The third kappa shape index (κ3) is 54.2. The Labute approximate surface area is 260 Å². The van der Waals surface area contributed by atoms with Crippen LogP contribution in [-0.4, -0.2) is 87.7 Å². The number of carbonyl (C=O) groups is 7. The maximum Gasteiger partial charge on any atom is 0.356 e. The fourth-order valence-corrected chi connectivity index (χ4v) is 1.01. The molecule has 0 heterocycles. The first-order valence-electron chi connectivity index (χ1n) is 10.8. The Kier molecular flexibility index (Phi) is 32.4. The van der Waals surface area contributed by atoms with Gasteiger partial charge in [-0.15, -0.1) is 0 Å². The number of aromatic hydroxyl groups is 2. The average Bonchev–Trinajstić information content (AvgIpc) is 2.85. The summed E-state index contributed by atoms with van der Waals surface area (Å²) in [5.41, 5.74) is 0.176. The lowest BCUT2D eigenvalue weighted by molar-refractivity contribution is -0.145. The molecule has 0 amide bonds. The zero-order valence-corrected chi connectivity index (χ0v) is 25.2. The number of carboxylic acids is 5. The number of hydrogen-bond acceptors (Lipinski definition) is 10. The van der Waals surface area contributed by atoms with Gasteiger partial charge in [0, 0.05) is 23.8 Å². The predicted octanol–water partition coefficient (Wildman–Crippen LogP) is 3.68. The first-order chi connectivity index (χ1) is 19.4. The fourth-order valence-electron chi connectivity index (χ4n) is 1.01. The first-order valence-corrected chi connectivity index (χ1v) is 11.9. The Hall–Kier alpha value is -4.60. The molecule has 0 unspecified atom stereocenters. The van der Waals surface area contributed by atoms with Gasteiger partial charge in [0.25, 0.3) is 3.79 Å². The Balaban J connectivity index is -0.000000136. The fraction of sp³-hybridized carbons (Fsp3) is 0.240. The van der Waals surface area contributed by atoms with Gasteiger partial charge in [-0.3, -0.25) is 9.59 Å². The largest absolute Gasteiger partial charge is 0.508 e. The van der Waals surface area contributed by atoms with Gasteiger partial charge in [-0.05, 0) is 45.0 Å². The SMILES string of the molecule is C=C(C)C(=O)O.C=CC(=O)O.CCOC(=O)CC(C)=O.O=C(O)/C=C\C(=O)O.O=C(O)C(Cl)(Cl)Cl.Oc1ccc(O)cc1. The topological polar surface area (TPSA) is 270 Å². The van der Waals surface area contributed by atoms with Crippen LogP contribution >= 0.6 is 34.8 Å². The molecule has 43 heavy (non-hydrogen) atoms. The lowest BCUT2D eigenvalue weighted by Gasteiger charge is -1.99. The zero-order chi connectivity index (χ0) is 35.3. The van der Waals surface area contributed by atoms with Gasteiger partial charge < -0.3 is 40.5 Å². The summed E-state index contributed by atoms with van der Waals surface area (Å²) in [4.78, 5) is 68.2. The molecule has 0 radical (unpaired) electrons. The number of ether oxygens (including phenoxy) is 1. The number of alkyl halides is 3. The summed E-state index contributed by atoms with van der Waals surface area (Å²) in [5, 5.41) is 56.3. The van der Waals surface area contributed by atoms with Crippen molar-refractivity contribution >= 4 is 76.4 Å². The Morgan fingerprint density at radius 1 is 0.791 bits per heavy atom. The number of halogens is 3. The summed E-state index contributed by atoms with van der Waals surface area (Å²) < 4.78 is 2.33. The molecule has 0 spiro atoms. The van der Waals surface area contributed by atoms with Gasteiger partial charge in [0.05, 0.1) is 6.61 Å². The molecule has 0 bridgehead atoms. The standard InChI is InChI=1S/C6H10O3.C6H6O2.C4H4O4.C4H6O2.C3H4O2.C2HCl3O2/c1-3-9-6(8)4-5(2)7;7-5-1-2-6(8)4-3-5;5-3(6)1-2-4(7)8;1-3(2)4(5)6;1-2-3(4)5;3-2(4,5)1(6)7/h3-4H2,1-2H3;1-4,7-8H;1-2H,(H,5,6)(H,7,8);1H2,2H3,(H,5,6);2H,1H2,(H,4,5);(H,6,7)/b;;2-1-;;;. The minimum absolute atomic E-state index is 0.103. The van der Waals surface area contributed by atoms with Gasteiger partial charge in [0.1, 0.15) is 23.7 Å². The molecule has 18 heteroatoms. The van der Waals surface area contributed by atoms with Crippen LogP contribution in [0, 0.1) is 0 Å². The van der Waals surface area contributed by atoms with Gasteiger partial charge in [-0.1, -0.05) is 48.0 Å². The van der Waals surface area contributed by atoms with Crippen molar-refractivity contribution in [3.63, 3.8) is 0 Å². The average molecular weight is 678 g/mol. The molecule has 0 aliphatic carbocycles. The number of phenolic OH excluding ortho intramolecular Hbond substituents is 2. The summed E-state index contributed by atoms with van der Waals surface area (Å²) in [6.45, 7) is 11.0. The van der Waals surface area contributed by atoms with E-state index in [-0.39, 0.29) is 29.3 Å². The van der Waals surface area contributed by atoms with Crippen LogP contribution in [0.25, 0.3) is 0 Å². The monoisotopic (exact) mass is 676 g/mol. The molecule has 0 aliphatic heterocycles. The summed E-state index contributed by atoms with van der Waals surface area (Å²) in [6, 6.07) is 5.70. The van der Waals surface area contributed by atoms with E-state index in [4.69, 9.17) is 70.5 Å². The third-order valence-corrected chi connectivity index (χ3v) is 3.18. The van der Waals surface area contributed by atoms with Crippen LogP contribution in [0.3, 0.4) is 0 Å². The number of aliphatic carboxylic acids is 5. The second-order valence-electron chi connectivity index (χ2n) is 6.64. The van der Waals surface area contributed by atoms with Gasteiger partial charge in [0.15, 0.2) is 0 Å². The molecule has 0 atom stereocenters. The van der Waals surface area contributed by atoms with Crippen molar-refractivity contribution < 1.29 is 74.0 Å². The lowest BCUT2D eigenvalue weighted by Crippen LogP contribution is -2.16. The second-order valence-corrected chi connectivity index (χ2v) is 8.92. The smallest absolute Gasteiger partial charge is 0.356 e. The highest BCUT2D eigenvalue weighted by Crippen LogP contribution is 2.25. The number of carboxylic acid groups (broad SMARTS) is 5. The molecular formula is C25H31Cl3O15. The highest BCUT2D eigenvalue weighted by molar-refractivity contribution is 6.75. The van der Waals surface area contributed by atoms with Gasteiger partial charge >= 0.3 is 35.8 Å². The molecule has 1 aromatic carbocycles. The van der Waals surface area contributed by atoms with Crippen LogP contribution in [0.2, 0.25) is 0 Å². The van der Waals surface area contributed by atoms with E-state index in [9.17, 15) is 33.6 Å². The highest BCUT2D eigenvalue weighted by atomic mass is 35.6. The number of Topliss-reactive ketones (excluding diaryl/α,β-unsaturated/α-hetero) is 1. The van der Waals surface area contributed by atoms with Crippen molar-refractivity contribution in [3.05, 3.63) is 61.2 Å². The van der Waals surface area contributed by atoms with E-state index in [1.807, 2.05) is 0 Å². The number of hydrogen-bond donors (Lipinski definition) is 7. The summed E-state index contributed by atoms with van der Waals surface area (Å²) in [5.74, 6) is -6.15. The van der Waals surface area contributed by atoms with Gasteiger partial charge in [0.2, 0.25) is 0 Å². The van der Waals surface area contributed by atoms with Crippen molar-refractivity contribution in [3.8, 4) is 11.5 Å². The minimum atomic E-state index is -2.17. The van der Waals surface area contributed by atoms with Crippen molar-refractivity contribution in [2.45, 2.75) is 31.0 Å². The van der Waals surface area contributed by atoms with E-state index >= 15 is 0 Å². The molecule has 0 fully saturated rings. The lowest BCUT2D eigenvalue weighted by atomic mass is 10.3. The molecule has 0 saturated heterocycles. The van der Waals surface area contributed by atoms with E-state index < -0.39 is 39.6 Å². The summed E-state index contributed by atoms with van der Waals surface area (Å²) >= 11 is 14.4. The Bertz CT molecular complexity index is 1040. The van der Waals surface area contributed by atoms with E-state index in [1.54, 1.807) is 6.92 Å². The number of phenols is 2. The van der Waals surface area contributed by atoms with E-state index in [1.165, 1.54) is 38.1 Å². The maximum absolute atomic E-state index is 10.4. The van der Waals surface area contributed by atoms with Gasteiger partial charge in [-0.25, -0.2) is 24.0 Å². The van der Waals surface area contributed by atoms with Crippen LogP contribution in [0.4, 0.5) is 0 Å². The number of carbonyl (C=O) groups excluding carboxylic acids is 2. The Morgan fingerprint density at radius 3 is 1.21 bits per heavy atom. The van der Waals surface area contributed by atoms with Crippen molar-refractivity contribution in [1.29, 1.82) is 0 Å². The van der Waals surface area contributed by atoms with Crippen molar-refractivity contribution in [2.24, 2.45) is 0 Å². The van der Waals surface area contributed by atoms with E-state index in [2.05, 4.69) is 17.9 Å². The Morgan fingerprint density at radius 2 is 1.07 bits per heavy atom. The third-order valence-electron chi connectivity index (χ3n) is 2.70. The molecule has 0 aliphatic rings. The molecule has 242 valence electrons. The minimum Gasteiger partial charge on any atom is -0.508 e. The molecule has 7 N–H and O–H groups in total. The molecule has 1 rings (SSSR count). The number of benzene rings is 1. The number of esters is 1. The summed E-state index contributed by atoms with van der Waals surface area (Å²) in [6.07, 6.45) is 1.85. The molecule has 0 aromatic heterocycles. The van der Waals surface area contributed by atoms with Crippen LogP contribution in [-0.2, 0) is 38.3 Å². The van der Waals surface area contributed by atoms with Crippen LogP contribution in [0.1, 0.15) is 27.2 Å². The summed E-state index contributed by atoms with van der Waals surface area (Å²) in [7, 11) is 0. The molecule has 15 nitrogen and oxygen atoms in total. The highest BCUT2D eigenvalue weighted by Gasteiger charge is 2.29. The van der Waals surface area contributed by atoms with Crippen molar-refractivity contribution in [1.82, 2.24) is 0 Å². The normalized spacial score (nSPS) is 8.88. The van der Waals surface area contributed by atoms with Crippen LogP contribution in [0.5, 0.6) is 11.5 Å². The van der Waals surface area contributed by atoms with Crippen LogP contribution in [0.15, 0.2) is 61.2 Å². The van der Waals surface area contributed by atoms with E-state index in [0.717, 1.165) is 6.08 Å². The molecule has 0 saturated carbocycles. The maximum atomic E-state index is 10.4. The molecule has 1 aromatic rings. The number of rotatable bonds is 7. The second kappa shape index (κ2) is 28.9.